The summed E-state index contributed by atoms with van der Waals surface area (Å²) in [5, 5.41) is 3.11. The zero-order chi connectivity index (χ0) is 14.2. The number of Topliss-reactive ketones (excluding diaryl/α,β-unsaturated/α-hetero) is 1. The van der Waals surface area contributed by atoms with E-state index in [1.165, 1.54) is 32.1 Å². The van der Waals surface area contributed by atoms with E-state index in [0.717, 1.165) is 45.4 Å². The molecule has 0 saturated carbocycles. The van der Waals surface area contributed by atoms with Crippen molar-refractivity contribution in [2.45, 2.75) is 64.7 Å². The highest BCUT2D eigenvalue weighted by Gasteiger charge is 1.95. The van der Waals surface area contributed by atoms with E-state index in [4.69, 9.17) is 4.74 Å². The van der Waals surface area contributed by atoms with Crippen molar-refractivity contribution in [2.24, 2.45) is 0 Å². The molecule has 0 spiro atoms. The van der Waals surface area contributed by atoms with Gasteiger partial charge >= 0.3 is 0 Å². The number of nitrogens with one attached hydrogen (secondary N) is 1. The second-order valence-corrected chi connectivity index (χ2v) is 5.05. The van der Waals surface area contributed by atoms with E-state index in [1.54, 1.807) is 13.1 Å². The van der Waals surface area contributed by atoms with E-state index in [1.807, 2.05) is 0 Å². The number of ketones is 1. The molecule has 0 heterocycles. The number of hydrogen-bond acceptors (Lipinski definition) is 3. The van der Waals surface area contributed by atoms with Gasteiger partial charge in [-0.15, -0.1) is 0 Å². The zero-order valence-electron chi connectivity index (χ0n) is 12.6. The quantitative estimate of drug-likeness (QED) is 0.459. The molecule has 3 nitrogen and oxygen atoms in total. The maximum atomic E-state index is 10.7. The molecule has 0 rings (SSSR count). The van der Waals surface area contributed by atoms with Crippen molar-refractivity contribution >= 4 is 5.78 Å². The Hall–Kier alpha value is -0.830. The molecule has 0 aliphatic rings. The summed E-state index contributed by atoms with van der Waals surface area (Å²) in [6, 6.07) is 0. The Balaban J connectivity index is 2.95. The first-order chi connectivity index (χ1) is 9.27. The van der Waals surface area contributed by atoms with Gasteiger partial charge in [0, 0.05) is 26.2 Å². The van der Waals surface area contributed by atoms with E-state index < -0.39 is 0 Å². The fraction of sp³-hybridized carbons (Fsp3) is 0.812. The lowest BCUT2D eigenvalue weighted by Gasteiger charge is -2.04. The van der Waals surface area contributed by atoms with E-state index in [-0.39, 0.29) is 0 Å². The molecule has 0 fully saturated rings. The molecule has 0 saturated heterocycles. The number of carbonyl (C=O) groups is 1. The number of ether oxygens (including phenoxy) is 1. The molecule has 0 atom stereocenters. The highest BCUT2D eigenvalue weighted by Crippen LogP contribution is 2.04. The summed E-state index contributed by atoms with van der Waals surface area (Å²) in [6.07, 6.45) is 11.9. The minimum atomic E-state index is 0.296. The lowest BCUT2D eigenvalue weighted by Crippen LogP contribution is -2.05. The lowest BCUT2D eigenvalue weighted by molar-refractivity contribution is -0.117. The van der Waals surface area contributed by atoms with E-state index in [0.29, 0.717) is 5.78 Å². The standard InChI is InChI=1S/C16H31NO2/c1-3-17-13-9-5-4-6-10-14-19-15-11-7-8-12-16(2)18/h3,17H,1,4-15H2,2H3. The Morgan fingerprint density at radius 3 is 2.21 bits per heavy atom. The van der Waals surface area contributed by atoms with Gasteiger partial charge in [0.25, 0.3) is 0 Å². The van der Waals surface area contributed by atoms with Crippen LogP contribution in [0.1, 0.15) is 64.7 Å². The van der Waals surface area contributed by atoms with Crippen LogP contribution in [-0.4, -0.2) is 25.5 Å². The summed E-state index contributed by atoms with van der Waals surface area (Å²) in [7, 11) is 0. The van der Waals surface area contributed by atoms with Gasteiger partial charge in [-0.05, 0) is 38.8 Å². The molecule has 0 aromatic heterocycles. The number of hydrogen-bond donors (Lipinski definition) is 1. The molecular weight excluding hydrogens is 238 g/mol. The van der Waals surface area contributed by atoms with E-state index in [9.17, 15) is 4.79 Å². The van der Waals surface area contributed by atoms with Crippen molar-refractivity contribution in [2.75, 3.05) is 19.8 Å². The van der Waals surface area contributed by atoms with E-state index >= 15 is 0 Å². The van der Waals surface area contributed by atoms with Crippen molar-refractivity contribution < 1.29 is 9.53 Å². The Bertz CT molecular complexity index is 217. The molecular formula is C16H31NO2. The monoisotopic (exact) mass is 269 g/mol. The van der Waals surface area contributed by atoms with Crippen LogP contribution in [0.4, 0.5) is 0 Å². The van der Waals surface area contributed by atoms with Crippen LogP contribution in [0.2, 0.25) is 0 Å². The molecule has 1 N–H and O–H groups in total. The van der Waals surface area contributed by atoms with Gasteiger partial charge in [0.15, 0.2) is 0 Å². The average molecular weight is 269 g/mol. The van der Waals surface area contributed by atoms with E-state index in [2.05, 4.69) is 11.9 Å². The third-order valence-corrected chi connectivity index (χ3v) is 3.07. The molecule has 112 valence electrons. The Labute approximate surface area is 118 Å². The molecule has 0 radical (unpaired) electrons. The Morgan fingerprint density at radius 1 is 1.00 bits per heavy atom. The van der Waals surface area contributed by atoms with Crippen LogP contribution in [-0.2, 0) is 9.53 Å². The summed E-state index contributed by atoms with van der Waals surface area (Å²) < 4.78 is 5.58. The van der Waals surface area contributed by atoms with Gasteiger partial charge in [0.2, 0.25) is 0 Å². The molecule has 0 aromatic carbocycles. The van der Waals surface area contributed by atoms with Crippen molar-refractivity contribution in [3.05, 3.63) is 12.8 Å². The molecule has 3 heteroatoms. The Morgan fingerprint density at radius 2 is 1.58 bits per heavy atom. The van der Waals surface area contributed by atoms with Crippen LogP contribution >= 0.6 is 0 Å². The second kappa shape index (κ2) is 15.2. The molecule has 0 aliphatic carbocycles. The zero-order valence-corrected chi connectivity index (χ0v) is 12.6. The van der Waals surface area contributed by atoms with Crippen molar-refractivity contribution in [3.8, 4) is 0 Å². The number of carbonyl (C=O) groups excluding carboxylic acids is 1. The maximum Gasteiger partial charge on any atom is 0.129 e. The highest BCUT2D eigenvalue weighted by atomic mass is 16.5. The van der Waals surface area contributed by atoms with Crippen LogP contribution < -0.4 is 5.32 Å². The minimum Gasteiger partial charge on any atom is -0.391 e. The Kier molecular flexibility index (Phi) is 14.6. The number of rotatable bonds is 15. The van der Waals surface area contributed by atoms with Crippen LogP contribution in [0.5, 0.6) is 0 Å². The second-order valence-electron chi connectivity index (χ2n) is 5.05. The molecule has 0 amide bonds. The van der Waals surface area contributed by atoms with Gasteiger partial charge in [-0.2, -0.15) is 0 Å². The SMILES string of the molecule is C=CNCCCCCCCOCCCCCC(C)=O. The third kappa shape index (κ3) is 17.2. The molecule has 0 aliphatic heterocycles. The van der Waals surface area contributed by atoms with Crippen LogP contribution in [0.25, 0.3) is 0 Å². The van der Waals surface area contributed by atoms with Crippen molar-refractivity contribution in [1.29, 1.82) is 0 Å². The van der Waals surface area contributed by atoms with Crippen molar-refractivity contribution in [1.82, 2.24) is 5.32 Å². The smallest absolute Gasteiger partial charge is 0.129 e. The number of unbranched alkanes of at least 4 members (excludes halogenated alkanes) is 6. The van der Waals surface area contributed by atoms with Crippen LogP contribution in [0.15, 0.2) is 12.8 Å². The van der Waals surface area contributed by atoms with Gasteiger partial charge in [-0.1, -0.05) is 32.3 Å². The topological polar surface area (TPSA) is 38.3 Å². The predicted octanol–water partition coefficient (Wildman–Crippen LogP) is 3.84. The summed E-state index contributed by atoms with van der Waals surface area (Å²) in [6.45, 7) is 8.05. The van der Waals surface area contributed by atoms with Gasteiger partial charge in [-0.25, -0.2) is 0 Å². The normalized spacial score (nSPS) is 10.4. The minimum absolute atomic E-state index is 0.296. The molecule has 19 heavy (non-hydrogen) atoms. The van der Waals surface area contributed by atoms with Crippen molar-refractivity contribution in [3.63, 3.8) is 0 Å². The van der Waals surface area contributed by atoms with Gasteiger partial charge in [-0.3, -0.25) is 0 Å². The summed E-state index contributed by atoms with van der Waals surface area (Å²) in [5.74, 6) is 0.296. The predicted molar refractivity (Wildman–Crippen MR) is 81.3 cm³/mol. The maximum absolute atomic E-state index is 10.7. The van der Waals surface area contributed by atoms with Gasteiger partial charge in [0.1, 0.15) is 5.78 Å². The third-order valence-electron chi connectivity index (χ3n) is 3.07. The molecule has 0 unspecified atom stereocenters. The molecule has 0 bridgehead atoms. The fourth-order valence-corrected chi connectivity index (χ4v) is 1.92. The first kappa shape index (κ1) is 18.2. The van der Waals surface area contributed by atoms with Gasteiger partial charge < -0.3 is 14.8 Å². The first-order valence-electron chi connectivity index (χ1n) is 7.69. The fourth-order valence-electron chi connectivity index (χ4n) is 1.92. The summed E-state index contributed by atoms with van der Waals surface area (Å²) in [5.41, 5.74) is 0. The summed E-state index contributed by atoms with van der Waals surface area (Å²) in [4.78, 5) is 10.7. The van der Waals surface area contributed by atoms with Gasteiger partial charge in [0.05, 0.1) is 0 Å². The van der Waals surface area contributed by atoms with Crippen LogP contribution in [0.3, 0.4) is 0 Å². The van der Waals surface area contributed by atoms with Crippen LogP contribution in [0, 0.1) is 0 Å². The molecule has 0 aromatic rings. The highest BCUT2D eigenvalue weighted by molar-refractivity contribution is 5.75. The first-order valence-corrected chi connectivity index (χ1v) is 7.69. The lowest BCUT2D eigenvalue weighted by atomic mass is 10.1. The average Bonchev–Trinajstić information content (AvgIpc) is 2.39. The summed E-state index contributed by atoms with van der Waals surface area (Å²) >= 11 is 0. The largest absolute Gasteiger partial charge is 0.391 e.